The molecule has 148 valence electrons. The topological polar surface area (TPSA) is 84.7 Å². The Morgan fingerprint density at radius 1 is 1.29 bits per heavy atom. The molecule has 1 atom stereocenters. The molecule has 28 heavy (non-hydrogen) atoms. The summed E-state index contributed by atoms with van der Waals surface area (Å²) in [5, 5.41) is 2.39. The van der Waals surface area contributed by atoms with Crippen LogP contribution in [-0.4, -0.2) is 25.1 Å². The van der Waals surface area contributed by atoms with E-state index >= 15 is 0 Å². The van der Waals surface area contributed by atoms with E-state index in [9.17, 15) is 22.8 Å². The predicted molar refractivity (Wildman–Crippen MR) is 95.8 cm³/mol. The van der Waals surface area contributed by atoms with Crippen molar-refractivity contribution in [3.8, 4) is 5.75 Å². The van der Waals surface area contributed by atoms with Gasteiger partial charge in [0.1, 0.15) is 11.8 Å². The van der Waals surface area contributed by atoms with Gasteiger partial charge in [-0.15, -0.1) is 0 Å². The quantitative estimate of drug-likeness (QED) is 0.838. The maximum atomic E-state index is 13.0. The number of nitrogens with zero attached hydrogens (tertiary/aromatic N) is 1. The minimum Gasteiger partial charge on any atom is -0.497 e. The molecule has 3 N–H and O–H groups in total. The van der Waals surface area contributed by atoms with E-state index in [2.05, 4.69) is 5.32 Å². The first-order valence-electron chi connectivity index (χ1n) is 8.39. The van der Waals surface area contributed by atoms with Crippen LogP contribution < -0.4 is 20.7 Å². The van der Waals surface area contributed by atoms with Gasteiger partial charge in [0.15, 0.2) is 0 Å². The van der Waals surface area contributed by atoms with E-state index < -0.39 is 29.7 Å². The molecule has 0 fully saturated rings. The molecule has 0 aliphatic carbocycles. The van der Waals surface area contributed by atoms with Crippen LogP contribution in [0.5, 0.6) is 5.75 Å². The number of rotatable bonds is 4. The third kappa shape index (κ3) is 4.03. The van der Waals surface area contributed by atoms with Crippen molar-refractivity contribution in [3.63, 3.8) is 0 Å². The number of amides is 3. The van der Waals surface area contributed by atoms with Gasteiger partial charge in [-0.3, -0.25) is 4.79 Å². The van der Waals surface area contributed by atoms with Gasteiger partial charge in [-0.05, 0) is 29.3 Å². The van der Waals surface area contributed by atoms with Gasteiger partial charge in [-0.1, -0.05) is 18.2 Å². The van der Waals surface area contributed by atoms with Gasteiger partial charge < -0.3 is 20.7 Å². The minimum absolute atomic E-state index is 0.0974. The number of carbonyl (C=O) groups excluding carboxylic acids is 2. The monoisotopic (exact) mass is 393 g/mol. The van der Waals surface area contributed by atoms with Crippen LogP contribution in [0.15, 0.2) is 42.5 Å². The normalized spacial score (nSPS) is 16.5. The van der Waals surface area contributed by atoms with E-state index in [0.717, 1.165) is 17.7 Å². The van der Waals surface area contributed by atoms with Crippen molar-refractivity contribution in [2.45, 2.75) is 25.2 Å². The highest BCUT2D eigenvalue weighted by Crippen LogP contribution is 2.34. The summed E-state index contributed by atoms with van der Waals surface area (Å²) >= 11 is 0. The Kier molecular flexibility index (Phi) is 5.17. The lowest BCUT2D eigenvalue weighted by Gasteiger charge is -2.34. The fourth-order valence-electron chi connectivity index (χ4n) is 3.18. The SMILES string of the molecule is COc1ccc2c(c1)N(Cc1cccc(C(F)(F)F)c1)C(=O)[C@H](NC(N)=O)C2. The highest BCUT2D eigenvalue weighted by Gasteiger charge is 2.35. The Labute approximate surface area is 159 Å². The molecule has 9 heteroatoms. The lowest BCUT2D eigenvalue weighted by atomic mass is 9.96. The molecule has 1 aliphatic rings. The number of nitrogens with two attached hydrogens (primary N) is 1. The summed E-state index contributed by atoms with van der Waals surface area (Å²) in [6.07, 6.45) is -4.26. The Hall–Kier alpha value is -3.23. The molecule has 6 nitrogen and oxygen atoms in total. The van der Waals surface area contributed by atoms with E-state index in [1.807, 2.05) is 0 Å². The molecule has 3 amide bonds. The number of urea groups is 1. The second kappa shape index (κ2) is 7.41. The summed E-state index contributed by atoms with van der Waals surface area (Å²) in [6.45, 7) is -0.0974. The number of benzene rings is 2. The van der Waals surface area contributed by atoms with Crippen LogP contribution in [0.1, 0.15) is 16.7 Å². The molecule has 2 aromatic rings. The first kappa shape index (κ1) is 19.5. The van der Waals surface area contributed by atoms with Crippen molar-refractivity contribution < 1.29 is 27.5 Å². The summed E-state index contributed by atoms with van der Waals surface area (Å²) in [5.41, 5.74) is 5.91. The fraction of sp³-hybridized carbons (Fsp3) is 0.263. The Bertz CT molecular complexity index is 915. The van der Waals surface area contributed by atoms with Crippen LogP contribution in [0.2, 0.25) is 0 Å². The van der Waals surface area contributed by atoms with Crippen LogP contribution >= 0.6 is 0 Å². The van der Waals surface area contributed by atoms with Crippen LogP contribution in [0.25, 0.3) is 0 Å². The standard InChI is InChI=1S/C19H18F3N3O3/c1-28-14-6-5-12-8-15(24-18(23)27)17(26)25(16(12)9-14)10-11-3-2-4-13(7-11)19(20,21)22/h2-7,9,15H,8,10H2,1H3,(H3,23,24,27)/t15-/m1/s1. The molecule has 0 saturated heterocycles. The van der Waals surface area contributed by atoms with Crippen LogP contribution in [-0.2, 0) is 23.9 Å². The van der Waals surface area contributed by atoms with E-state index in [-0.39, 0.29) is 13.0 Å². The van der Waals surface area contributed by atoms with E-state index in [4.69, 9.17) is 10.5 Å². The van der Waals surface area contributed by atoms with Gasteiger partial charge in [0.05, 0.1) is 24.9 Å². The molecular formula is C19H18F3N3O3. The summed E-state index contributed by atoms with van der Waals surface area (Å²) in [7, 11) is 1.47. The molecule has 0 bridgehead atoms. The molecule has 0 saturated carbocycles. The molecule has 0 unspecified atom stereocenters. The lowest BCUT2D eigenvalue weighted by Crippen LogP contribution is -2.53. The van der Waals surface area contributed by atoms with Gasteiger partial charge in [-0.2, -0.15) is 13.2 Å². The number of alkyl halides is 3. The van der Waals surface area contributed by atoms with Crippen LogP contribution in [0.3, 0.4) is 0 Å². The van der Waals surface area contributed by atoms with Gasteiger partial charge in [0.2, 0.25) is 5.91 Å². The van der Waals surface area contributed by atoms with Crippen molar-refractivity contribution in [2.24, 2.45) is 5.73 Å². The maximum absolute atomic E-state index is 13.0. The highest BCUT2D eigenvalue weighted by molar-refractivity contribution is 6.02. The Balaban J connectivity index is 2.00. The third-order valence-corrected chi connectivity index (χ3v) is 4.48. The number of fused-ring (bicyclic) bond motifs is 1. The summed E-state index contributed by atoms with van der Waals surface area (Å²) in [6, 6.07) is 8.10. The number of nitrogens with one attached hydrogen (secondary N) is 1. The van der Waals surface area contributed by atoms with Crippen molar-refractivity contribution in [2.75, 3.05) is 12.0 Å². The predicted octanol–water partition coefficient (Wildman–Crippen LogP) is 2.84. The molecule has 0 radical (unpaired) electrons. The zero-order valence-electron chi connectivity index (χ0n) is 14.9. The van der Waals surface area contributed by atoms with Crippen LogP contribution in [0, 0.1) is 0 Å². The molecule has 0 spiro atoms. The molecular weight excluding hydrogens is 375 g/mol. The first-order valence-corrected chi connectivity index (χ1v) is 8.39. The molecule has 1 heterocycles. The Morgan fingerprint density at radius 2 is 2.04 bits per heavy atom. The molecule has 0 aromatic heterocycles. The molecule has 2 aromatic carbocycles. The number of primary amides is 1. The largest absolute Gasteiger partial charge is 0.497 e. The number of ether oxygens (including phenoxy) is 1. The van der Waals surface area contributed by atoms with Crippen molar-refractivity contribution in [1.29, 1.82) is 0 Å². The average molecular weight is 393 g/mol. The Morgan fingerprint density at radius 3 is 2.68 bits per heavy atom. The summed E-state index contributed by atoms with van der Waals surface area (Å²) in [5.74, 6) is 0.0406. The van der Waals surface area contributed by atoms with Crippen molar-refractivity contribution in [1.82, 2.24) is 5.32 Å². The molecule has 1 aliphatic heterocycles. The van der Waals surface area contributed by atoms with Gasteiger partial charge in [0.25, 0.3) is 0 Å². The van der Waals surface area contributed by atoms with E-state index in [0.29, 0.717) is 17.0 Å². The summed E-state index contributed by atoms with van der Waals surface area (Å²) < 4.78 is 44.2. The van der Waals surface area contributed by atoms with Crippen molar-refractivity contribution >= 4 is 17.6 Å². The van der Waals surface area contributed by atoms with Gasteiger partial charge >= 0.3 is 12.2 Å². The first-order chi connectivity index (χ1) is 13.2. The summed E-state index contributed by atoms with van der Waals surface area (Å²) in [4.78, 5) is 25.5. The van der Waals surface area contributed by atoms with E-state index in [1.165, 1.54) is 24.1 Å². The molecule has 3 rings (SSSR count). The third-order valence-electron chi connectivity index (χ3n) is 4.48. The van der Waals surface area contributed by atoms with Crippen molar-refractivity contribution in [3.05, 3.63) is 59.2 Å². The minimum atomic E-state index is -4.49. The second-order valence-corrected chi connectivity index (χ2v) is 6.38. The number of halogens is 3. The number of hydrogen-bond acceptors (Lipinski definition) is 3. The zero-order valence-corrected chi connectivity index (χ0v) is 14.9. The fourth-order valence-corrected chi connectivity index (χ4v) is 3.18. The smallest absolute Gasteiger partial charge is 0.416 e. The zero-order chi connectivity index (χ0) is 20.5. The number of methoxy groups -OCH3 is 1. The highest BCUT2D eigenvalue weighted by atomic mass is 19.4. The van der Waals surface area contributed by atoms with Gasteiger partial charge in [0, 0.05) is 12.5 Å². The number of carbonyl (C=O) groups is 2. The number of anilines is 1. The van der Waals surface area contributed by atoms with E-state index in [1.54, 1.807) is 18.2 Å². The maximum Gasteiger partial charge on any atom is 0.416 e. The van der Waals surface area contributed by atoms with Crippen LogP contribution in [0.4, 0.5) is 23.7 Å². The lowest BCUT2D eigenvalue weighted by molar-refractivity contribution is -0.137. The average Bonchev–Trinajstić information content (AvgIpc) is 2.64. The number of hydrogen-bond donors (Lipinski definition) is 2. The van der Waals surface area contributed by atoms with Gasteiger partial charge in [-0.25, -0.2) is 4.79 Å². The second-order valence-electron chi connectivity index (χ2n) is 6.38.